The first-order chi connectivity index (χ1) is 6.21. The standard InChI is InChI=1S/C8H12ClNOS2/c1-12-8(3-9)4-10-6(11)2-7(10)13-5-8/h7H,2-5H2,1H3/t7-,8?/m0/s1. The van der Waals surface area contributed by atoms with Crippen LogP contribution in [0.25, 0.3) is 0 Å². The third-order valence-electron chi connectivity index (χ3n) is 2.69. The van der Waals surface area contributed by atoms with Crippen molar-refractivity contribution < 1.29 is 4.79 Å². The van der Waals surface area contributed by atoms with Crippen molar-refractivity contribution in [1.29, 1.82) is 0 Å². The van der Waals surface area contributed by atoms with E-state index in [0.29, 0.717) is 17.2 Å². The van der Waals surface area contributed by atoms with E-state index in [1.807, 2.05) is 16.7 Å². The smallest absolute Gasteiger partial charge is 0.226 e. The third kappa shape index (κ3) is 1.57. The van der Waals surface area contributed by atoms with Gasteiger partial charge in [-0.1, -0.05) is 0 Å². The summed E-state index contributed by atoms with van der Waals surface area (Å²) in [6.45, 7) is 0.841. The Morgan fingerprint density at radius 2 is 2.62 bits per heavy atom. The molecular formula is C8H12ClNOS2. The van der Waals surface area contributed by atoms with E-state index in [4.69, 9.17) is 11.6 Å². The minimum Gasteiger partial charge on any atom is -0.329 e. The number of halogens is 1. The van der Waals surface area contributed by atoms with Crippen molar-refractivity contribution in [3.63, 3.8) is 0 Å². The van der Waals surface area contributed by atoms with Gasteiger partial charge in [-0.25, -0.2) is 0 Å². The number of nitrogens with zero attached hydrogens (tertiary/aromatic N) is 1. The highest BCUT2D eigenvalue weighted by Gasteiger charge is 2.47. The van der Waals surface area contributed by atoms with Crippen LogP contribution in [-0.2, 0) is 4.79 Å². The summed E-state index contributed by atoms with van der Waals surface area (Å²) < 4.78 is 0.0960. The molecular weight excluding hydrogens is 226 g/mol. The van der Waals surface area contributed by atoms with E-state index in [9.17, 15) is 4.79 Å². The number of fused-ring (bicyclic) bond motifs is 1. The number of β-lactam (4-membered cyclic amide) rings is 1. The zero-order chi connectivity index (χ0) is 9.47. The Hall–Kier alpha value is 0.460. The van der Waals surface area contributed by atoms with Crippen LogP contribution in [0.5, 0.6) is 0 Å². The van der Waals surface area contributed by atoms with E-state index in [1.54, 1.807) is 11.8 Å². The maximum atomic E-state index is 11.2. The molecule has 0 aromatic heterocycles. The molecule has 0 bridgehead atoms. The lowest BCUT2D eigenvalue weighted by atomic mass is 10.1. The van der Waals surface area contributed by atoms with Crippen LogP contribution in [0, 0.1) is 0 Å². The monoisotopic (exact) mass is 237 g/mol. The lowest BCUT2D eigenvalue weighted by Gasteiger charge is -2.50. The first kappa shape index (κ1) is 9.99. The van der Waals surface area contributed by atoms with Gasteiger partial charge in [-0.05, 0) is 6.26 Å². The average molecular weight is 238 g/mol. The number of alkyl halides is 1. The van der Waals surface area contributed by atoms with E-state index in [2.05, 4.69) is 6.26 Å². The molecule has 5 heteroatoms. The number of thioether (sulfide) groups is 2. The third-order valence-corrected chi connectivity index (χ3v) is 6.35. The fourth-order valence-electron chi connectivity index (χ4n) is 1.63. The molecule has 13 heavy (non-hydrogen) atoms. The van der Waals surface area contributed by atoms with Gasteiger partial charge in [0.05, 0.1) is 16.5 Å². The van der Waals surface area contributed by atoms with E-state index < -0.39 is 0 Å². The molecule has 2 fully saturated rings. The van der Waals surface area contributed by atoms with Crippen LogP contribution in [0.3, 0.4) is 0 Å². The van der Waals surface area contributed by atoms with Gasteiger partial charge >= 0.3 is 0 Å². The molecule has 0 aliphatic carbocycles. The Balaban J connectivity index is 2.06. The Morgan fingerprint density at radius 3 is 3.15 bits per heavy atom. The Labute approximate surface area is 91.8 Å². The highest BCUT2D eigenvalue weighted by Crippen LogP contribution is 2.43. The molecule has 74 valence electrons. The average Bonchev–Trinajstić information content (AvgIpc) is 2.17. The van der Waals surface area contributed by atoms with Crippen molar-refractivity contribution in [1.82, 2.24) is 4.90 Å². The van der Waals surface area contributed by atoms with Gasteiger partial charge in [0.2, 0.25) is 5.91 Å². The fourth-order valence-corrected chi connectivity index (χ4v) is 4.62. The van der Waals surface area contributed by atoms with Crippen molar-refractivity contribution in [2.24, 2.45) is 0 Å². The van der Waals surface area contributed by atoms with Gasteiger partial charge in [0.25, 0.3) is 0 Å². The van der Waals surface area contributed by atoms with Gasteiger partial charge in [0, 0.05) is 18.2 Å². The van der Waals surface area contributed by atoms with Gasteiger partial charge in [-0.2, -0.15) is 11.8 Å². The second kappa shape index (κ2) is 3.55. The van der Waals surface area contributed by atoms with Crippen LogP contribution in [0.15, 0.2) is 0 Å². The highest BCUT2D eigenvalue weighted by atomic mass is 35.5. The first-order valence-corrected chi connectivity index (χ1v) is 7.04. The number of rotatable bonds is 2. The van der Waals surface area contributed by atoms with E-state index in [1.165, 1.54) is 0 Å². The number of hydrogen-bond acceptors (Lipinski definition) is 3. The summed E-state index contributed by atoms with van der Waals surface area (Å²) >= 11 is 9.61. The summed E-state index contributed by atoms with van der Waals surface area (Å²) in [4.78, 5) is 13.2. The van der Waals surface area contributed by atoms with Crippen LogP contribution in [0.1, 0.15) is 6.42 Å². The Bertz CT molecular complexity index is 232. The zero-order valence-corrected chi connectivity index (χ0v) is 9.84. The molecule has 0 aromatic rings. The second-order valence-electron chi connectivity index (χ2n) is 3.51. The maximum absolute atomic E-state index is 11.2. The molecule has 1 unspecified atom stereocenters. The predicted octanol–water partition coefficient (Wildman–Crippen LogP) is 1.63. The molecule has 2 rings (SSSR count). The second-order valence-corrected chi connectivity index (χ2v) is 6.22. The highest BCUT2D eigenvalue weighted by molar-refractivity contribution is 8.04. The summed E-state index contributed by atoms with van der Waals surface area (Å²) in [6, 6.07) is 0. The van der Waals surface area contributed by atoms with Crippen LogP contribution in [0.4, 0.5) is 0 Å². The normalized spacial score (nSPS) is 38.5. The quantitative estimate of drug-likeness (QED) is 0.538. The minimum atomic E-state index is 0.0960. The molecule has 1 amide bonds. The molecule has 0 saturated carbocycles. The van der Waals surface area contributed by atoms with E-state index in [0.717, 1.165) is 18.7 Å². The van der Waals surface area contributed by atoms with Gasteiger partial charge in [0.1, 0.15) is 0 Å². The zero-order valence-electron chi connectivity index (χ0n) is 7.46. The minimum absolute atomic E-state index is 0.0960. The van der Waals surface area contributed by atoms with Crippen LogP contribution in [-0.4, -0.2) is 45.4 Å². The molecule has 2 saturated heterocycles. The lowest BCUT2D eigenvalue weighted by molar-refractivity contribution is -0.142. The molecule has 2 atom stereocenters. The number of hydrogen-bond donors (Lipinski definition) is 0. The molecule has 0 N–H and O–H groups in total. The first-order valence-electron chi connectivity index (χ1n) is 4.23. The molecule has 0 aromatic carbocycles. The van der Waals surface area contributed by atoms with Crippen molar-refractivity contribution >= 4 is 41.0 Å². The van der Waals surface area contributed by atoms with E-state index >= 15 is 0 Å². The largest absolute Gasteiger partial charge is 0.329 e. The molecule has 2 aliphatic heterocycles. The lowest BCUT2D eigenvalue weighted by Crippen LogP contribution is -2.61. The van der Waals surface area contributed by atoms with Crippen molar-refractivity contribution in [3.8, 4) is 0 Å². The van der Waals surface area contributed by atoms with Crippen molar-refractivity contribution in [2.75, 3.05) is 24.4 Å². The summed E-state index contributed by atoms with van der Waals surface area (Å²) in [6.07, 6.45) is 2.81. The summed E-state index contributed by atoms with van der Waals surface area (Å²) in [5, 5.41) is 0.455. The van der Waals surface area contributed by atoms with Gasteiger partial charge in [-0.3, -0.25) is 4.79 Å². The van der Waals surface area contributed by atoms with Crippen LogP contribution in [0.2, 0.25) is 0 Å². The number of amides is 1. The van der Waals surface area contributed by atoms with Gasteiger partial charge < -0.3 is 4.90 Å². The topological polar surface area (TPSA) is 20.3 Å². The Morgan fingerprint density at radius 1 is 1.85 bits per heavy atom. The molecule has 2 nitrogen and oxygen atoms in total. The van der Waals surface area contributed by atoms with Crippen molar-refractivity contribution in [3.05, 3.63) is 0 Å². The molecule has 0 radical (unpaired) electrons. The Kier molecular flexibility index (Phi) is 2.73. The van der Waals surface area contributed by atoms with Gasteiger partial charge in [0.15, 0.2) is 0 Å². The molecule has 2 heterocycles. The molecule has 2 aliphatic rings. The maximum Gasteiger partial charge on any atom is 0.226 e. The summed E-state index contributed by atoms with van der Waals surface area (Å²) in [5.74, 6) is 2.00. The van der Waals surface area contributed by atoms with Crippen LogP contribution >= 0.6 is 35.1 Å². The van der Waals surface area contributed by atoms with Gasteiger partial charge in [-0.15, -0.1) is 23.4 Å². The van der Waals surface area contributed by atoms with Crippen LogP contribution < -0.4 is 0 Å². The predicted molar refractivity (Wildman–Crippen MR) is 59.5 cm³/mol. The van der Waals surface area contributed by atoms with E-state index in [-0.39, 0.29) is 4.75 Å². The SMILES string of the molecule is CSC1(CCl)CS[C@H]2CC(=O)N2C1. The number of carbonyl (C=O) groups is 1. The number of carbonyl (C=O) groups excluding carboxylic acids is 1. The fraction of sp³-hybridized carbons (Fsp3) is 0.875. The molecule has 0 spiro atoms. The summed E-state index contributed by atoms with van der Waals surface area (Å²) in [5.41, 5.74) is 0. The summed E-state index contributed by atoms with van der Waals surface area (Å²) in [7, 11) is 0. The van der Waals surface area contributed by atoms with Crippen molar-refractivity contribution in [2.45, 2.75) is 16.5 Å².